The largest absolute Gasteiger partial charge is 0.481 e. The van der Waals surface area contributed by atoms with Crippen LogP contribution < -0.4 is 10.1 Å². The van der Waals surface area contributed by atoms with Crippen molar-refractivity contribution in [3.8, 4) is 17.0 Å². The first-order valence-electron chi connectivity index (χ1n) is 6.70. The molecule has 0 spiro atoms. The van der Waals surface area contributed by atoms with Crippen LogP contribution in [0.15, 0.2) is 36.4 Å². The normalized spacial score (nSPS) is 10.0. The molecular formula is C15H15N3O4. The molecule has 0 bridgehead atoms. The number of anilines is 1. The lowest BCUT2D eigenvalue weighted by molar-refractivity contribution is -0.137. The maximum atomic E-state index is 10.6. The number of carbonyl (C=O) groups is 2. The summed E-state index contributed by atoms with van der Waals surface area (Å²) in [5.41, 5.74) is 1.43. The summed E-state index contributed by atoms with van der Waals surface area (Å²) in [5, 5.41) is 19.6. The minimum absolute atomic E-state index is 0.0480. The van der Waals surface area contributed by atoms with Gasteiger partial charge in [-0.05, 0) is 6.42 Å². The van der Waals surface area contributed by atoms with Gasteiger partial charge in [0, 0.05) is 24.6 Å². The second kappa shape index (κ2) is 7.72. The van der Waals surface area contributed by atoms with E-state index in [4.69, 9.17) is 9.84 Å². The molecule has 7 heteroatoms. The third-order valence-electron chi connectivity index (χ3n) is 2.86. The highest BCUT2D eigenvalue weighted by atomic mass is 16.5. The fraction of sp³-hybridized carbons (Fsp3) is 0.200. The molecule has 0 unspecified atom stereocenters. The van der Waals surface area contributed by atoms with Crippen LogP contribution in [0.5, 0.6) is 5.75 Å². The number of ether oxygens (including phenoxy) is 1. The molecule has 0 aliphatic heterocycles. The maximum absolute atomic E-state index is 10.6. The van der Waals surface area contributed by atoms with Crippen LogP contribution in [-0.4, -0.2) is 34.3 Å². The zero-order valence-electron chi connectivity index (χ0n) is 11.7. The molecule has 0 fully saturated rings. The summed E-state index contributed by atoms with van der Waals surface area (Å²) in [6, 6.07) is 11.0. The smallest absolute Gasteiger partial charge is 0.303 e. The number of carbonyl (C=O) groups excluding carboxylic acids is 1. The molecule has 7 nitrogen and oxygen atoms in total. The number of nitrogens with zero attached hydrogens (tertiary/aromatic N) is 2. The molecule has 114 valence electrons. The molecule has 0 atom stereocenters. The summed E-state index contributed by atoms with van der Waals surface area (Å²) >= 11 is 0. The van der Waals surface area contributed by atoms with E-state index in [0.29, 0.717) is 30.9 Å². The van der Waals surface area contributed by atoms with E-state index < -0.39 is 5.97 Å². The van der Waals surface area contributed by atoms with Gasteiger partial charge in [-0.15, -0.1) is 10.2 Å². The molecule has 2 aromatic rings. The maximum Gasteiger partial charge on any atom is 0.303 e. The van der Waals surface area contributed by atoms with Crippen LogP contribution in [0.4, 0.5) is 5.82 Å². The Hall–Kier alpha value is -2.96. The molecule has 0 amide bonds. The molecule has 0 aliphatic carbocycles. The van der Waals surface area contributed by atoms with Gasteiger partial charge in [0.25, 0.3) is 6.47 Å². The second-order valence-corrected chi connectivity index (χ2v) is 4.45. The quantitative estimate of drug-likeness (QED) is 0.567. The minimum atomic E-state index is -0.864. The third-order valence-corrected chi connectivity index (χ3v) is 2.86. The Balaban J connectivity index is 2.13. The van der Waals surface area contributed by atoms with Gasteiger partial charge in [-0.25, -0.2) is 0 Å². The summed E-state index contributed by atoms with van der Waals surface area (Å²) in [4.78, 5) is 21.1. The molecule has 0 aliphatic rings. The highest BCUT2D eigenvalue weighted by Crippen LogP contribution is 2.26. The Morgan fingerprint density at radius 2 is 2.05 bits per heavy atom. The van der Waals surface area contributed by atoms with Gasteiger partial charge in [0.05, 0.1) is 5.69 Å². The summed E-state index contributed by atoms with van der Waals surface area (Å²) < 4.78 is 4.92. The highest BCUT2D eigenvalue weighted by molar-refractivity contribution is 5.67. The summed E-state index contributed by atoms with van der Waals surface area (Å²) in [6.45, 7) is 0.703. The van der Waals surface area contributed by atoms with Crippen LogP contribution in [0, 0.1) is 0 Å². The second-order valence-electron chi connectivity index (χ2n) is 4.45. The first kappa shape index (κ1) is 15.4. The Kier molecular flexibility index (Phi) is 5.42. The van der Waals surface area contributed by atoms with Gasteiger partial charge < -0.3 is 15.2 Å². The Labute approximate surface area is 127 Å². The molecule has 2 N–H and O–H groups in total. The van der Waals surface area contributed by atoms with Crippen LogP contribution in [-0.2, 0) is 9.59 Å². The molecule has 1 aromatic carbocycles. The van der Waals surface area contributed by atoms with Crippen LogP contribution in [0.2, 0.25) is 0 Å². The van der Waals surface area contributed by atoms with Gasteiger partial charge in [-0.1, -0.05) is 30.3 Å². The van der Waals surface area contributed by atoms with E-state index in [0.717, 1.165) is 5.56 Å². The van der Waals surface area contributed by atoms with Crippen molar-refractivity contribution in [3.63, 3.8) is 0 Å². The summed E-state index contributed by atoms with van der Waals surface area (Å²) in [6.07, 6.45) is 0.477. The first-order valence-corrected chi connectivity index (χ1v) is 6.70. The van der Waals surface area contributed by atoms with Gasteiger partial charge >= 0.3 is 5.97 Å². The fourth-order valence-corrected chi connectivity index (χ4v) is 1.84. The number of carboxylic acids is 1. The summed E-state index contributed by atoms with van der Waals surface area (Å²) in [5.74, 6) is -0.312. The predicted molar refractivity (Wildman–Crippen MR) is 79.5 cm³/mol. The molecule has 0 saturated carbocycles. The zero-order chi connectivity index (χ0) is 15.8. The first-order chi connectivity index (χ1) is 10.7. The Bertz CT molecular complexity index is 646. The van der Waals surface area contributed by atoms with E-state index in [1.165, 1.54) is 0 Å². The van der Waals surface area contributed by atoms with Crippen molar-refractivity contribution < 1.29 is 19.4 Å². The lowest BCUT2D eigenvalue weighted by Crippen LogP contribution is -2.09. The van der Waals surface area contributed by atoms with Gasteiger partial charge in [-0.3, -0.25) is 9.59 Å². The van der Waals surface area contributed by atoms with Gasteiger partial charge in [0.1, 0.15) is 0 Å². The fourth-order valence-electron chi connectivity index (χ4n) is 1.84. The highest BCUT2D eigenvalue weighted by Gasteiger charge is 2.10. The number of nitrogens with one attached hydrogen (secondary N) is 1. The van der Waals surface area contributed by atoms with Gasteiger partial charge in [0.2, 0.25) is 0 Å². The van der Waals surface area contributed by atoms with E-state index in [1.54, 1.807) is 6.07 Å². The van der Waals surface area contributed by atoms with Crippen molar-refractivity contribution in [2.45, 2.75) is 12.8 Å². The molecular weight excluding hydrogens is 286 g/mol. The molecule has 1 aromatic heterocycles. The monoisotopic (exact) mass is 301 g/mol. The van der Waals surface area contributed by atoms with E-state index in [2.05, 4.69) is 15.5 Å². The number of benzene rings is 1. The van der Waals surface area contributed by atoms with Crippen LogP contribution in [0.25, 0.3) is 11.3 Å². The standard InChI is InChI=1S/C15H15N3O4/c19-10-22-13-9-12(11-5-2-1-3-6-11)17-18-15(13)16-8-4-7-14(20)21/h1-3,5-6,9-10H,4,7-8H2,(H,16,18)(H,20,21). The number of rotatable bonds is 8. The average molecular weight is 301 g/mol. The van der Waals surface area contributed by atoms with E-state index >= 15 is 0 Å². The van der Waals surface area contributed by atoms with E-state index in [-0.39, 0.29) is 12.2 Å². The SMILES string of the molecule is O=COc1cc(-c2ccccc2)nnc1NCCCC(=O)O. The number of carboxylic acid groups (broad SMARTS) is 1. The van der Waals surface area contributed by atoms with Gasteiger partial charge in [0.15, 0.2) is 11.6 Å². The van der Waals surface area contributed by atoms with Crippen molar-refractivity contribution in [1.29, 1.82) is 0 Å². The number of hydrogen-bond acceptors (Lipinski definition) is 6. The zero-order valence-corrected chi connectivity index (χ0v) is 11.7. The van der Waals surface area contributed by atoms with Crippen LogP contribution in [0.1, 0.15) is 12.8 Å². The van der Waals surface area contributed by atoms with Gasteiger partial charge in [-0.2, -0.15) is 0 Å². The molecule has 0 radical (unpaired) electrons. The molecule has 2 rings (SSSR count). The van der Waals surface area contributed by atoms with Crippen molar-refractivity contribution in [2.24, 2.45) is 0 Å². The lowest BCUT2D eigenvalue weighted by Gasteiger charge is -2.09. The van der Waals surface area contributed by atoms with Crippen molar-refractivity contribution in [3.05, 3.63) is 36.4 Å². The van der Waals surface area contributed by atoms with E-state index in [9.17, 15) is 9.59 Å². The molecule has 0 saturated heterocycles. The topological polar surface area (TPSA) is 101 Å². The van der Waals surface area contributed by atoms with Crippen LogP contribution >= 0.6 is 0 Å². The number of aromatic nitrogens is 2. The molecule has 22 heavy (non-hydrogen) atoms. The lowest BCUT2D eigenvalue weighted by atomic mass is 10.1. The number of aliphatic carboxylic acids is 1. The number of hydrogen-bond donors (Lipinski definition) is 2. The molecule has 1 heterocycles. The summed E-state index contributed by atoms with van der Waals surface area (Å²) in [7, 11) is 0. The predicted octanol–water partition coefficient (Wildman–Crippen LogP) is 1.96. The van der Waals surface area contributed by atoms with E-state index in [1.807, 2.05) is 30.3 Å². The Morgan fingerprint density at radius 3 is 2.73 bits per heavy atom. The third kappa shape index (κ3) is 4.27. The van der Waals surface area contributed by atoms with Crippen molar-refractivity contribution >= 4 is 18.3 Å². The Morgan fingerprint density at radius 1 is 1.27 bits per heavy atom. The average Bonchev–Trinajstić information content (AvgIpc) is 2.53. The van der Waals surface area contributed by atoms with Crippen molar-refractivity contribution in [2.75, 3.05) is 11.9 Å². The van der Waals surface area contributed by atoms with Crippen LogP contribution in [0.3, 0.4) is 0 Å². The minimum Gasteiger partial charge on any atom is -0.481 e. The van der Waals surface area contributed by atoms with Crippen molar-refractivity contribution in [1.82, 2.24) is 10.2 Å².